The summed E-state index contributed by atoms with van der Waals surface area (Å²) in [4.78, 5) is 11.8. The predicted octanol–water partition coefficient (Wildman–Crippen LogP) is 0.561. The van der Waals surface area contributed by atoms with Gasteiger partial charge in [-0.05, 0) is 40.7 Å². The van der Waals surface area contributed by atoms with Crippen molar-refractivity contribution in [3.63, 3.8) is 0 Å². The van der Waals surface area contributed by atoms with Gasteiger partial charge in [-0.1, -0.05) is 5.21 Å². The zero-order valence-corrected chi connectivity index (χ0v) is 11.6. The van der Waals surface area contributed by atoms with Crippen LogP contribution < -0.4 is 10.6 Å². The molecule has 102 valence electrons. The van der Waals surface area contributed by atoms with Crippen molar-refractivity contribution >= 4 is 5.91 Å². The zero-order chi connectivity index (χ0) is 13.6. The molecule has 1 amide bonds. The first-order valence-electron chi connectivity index (χ1n) is 6.28. The summed E-state index contributed by atoms with van der Waals surface area (Å²) in [7, 11) is 0. The summed E-state index contributed by atoms with van der Waals surface area (Å²) < 4.78 is 1.78. The molecule has 1 aromatic rings. The maximum absolute atomic E-state index is 11.8. The lowest BCUT2D eigenvalue weighted by molar-refractivity contribution is -0.124. The van der Waals surface area contributed by atoms with Crippen molar-refractivity contribution in [3.8, 4) is 0 Å². The standard InChI is InChI=1S/C12H23N5O/c1-10(11(18)15-12(2,3)4)13-6-5-8-17-9-7-14-16-17/h7,9-10,13H,5-6,8H2,1-4H3,(H,15,18). The highest BCUT2D eigenvalue weighted by Crippen LogP contribution is 1.99. The number of hydrogen-bond acceptors (Lipinski definition) is 4. The normalized spacial score (nSPS) is 13.3. The number of aromatic nitrogens is 3. The number of rotatable bonds is 6. The van der Waals surface area contributed by atoms with Crippen molar-refractivity contribution in [2.75, 3.05) is 6.54 Å². The van der Waals surface area contributed by atoms with Crippen LogP contribution in [0.15, 0.2) is 12.4 Å². The molecule has 6 heteroatoms. The molecule has 0 spiro atoms. The fourth-order valence-electron chi connectivity index (χ4n) is 1.48. The van der Waals surface area contributed by atoms with Crippen LogP contribution in [0.25, 0.3) is 0 Å². The van der Waals surface area contributed by atoms with Gasteiger partial charge in [0.05, 0.1) is 12.2 Å². The summed E-state index contributed by atoms with van der Waals surface area (Å²) in [5.74, 6) is 0.0308. The molecule has 1 aromatic heterocycles. The first kappa shape index (κ1) is 14.6. The minimum Gasteiger partial charge on any atom is -0.350 e. The van der Waals surface area contributed by atoms with Crippen molar-refractivity contribution in [2.45, 2.75) is 52.2 Å². The average Bonchev–Trinajstić information content (AvgIpc) is 2.74. The first-order chi connectivity index (χ1) is 8.38. The number of carbonyl (C=O) groups is 1. The molecular formula is C12H23N5O. The minimum atomic E-state index is -0.187. The van der Waals surface area contributed by atoms with Crippen molar-refractivity contribution in [2.24, 2.45) is 0 Å². The fraction of sp³-hybridized carbons (Fsp3) is 0.750. The summed E-state index contributed by atoms with van der Waals surface area (Å²) >= 11 is 0. The largest absolute Gasteiger partial charge is 0.350 e. The Morgan fingerprint density at radius 2 is 2.17 bits per heavy atom. The average molecular weight is 253 g/mol. The zero-order valence-electron chi connectivity index (χ0n) is 11.6. The summed E-state index contributed by atoms with van der Waals surface area (Å²) in [6.07, 6.45) is 4.40. The number of amides is 1. The molecule has 0 fully saturated rings. The lowest BCUT2D eigenvalue weighted by atomic mass is 10.1. The first-order valence-corrected chi connectivity index (χ1v) is 6.28. The van der Waals surface area contributed by atoms with E-state index < -0.39 is 0 Å². The van der Waals surface area contributed by atoms with Crippen LogP contribution in [-0.4, -0.2) is 39.0 Å². The van der Waals surface area contributed by atoms with Gasteiger partial charge in [0.15, 0.2) is 0 Å². The highest BCUT2D eigenvalue weighted by molar-refractivity contribution is 5.81. The number of carbonyl (C=O) groups excluding carboxylic acids is 1. The lowest BCUT2D eigenvalue weighted by Crippen LogP contribution is -2.49. The monoisotopic (exact) mass is 253 g/mol. The Morgan fingerprint density at radius 1 is 1.44 bits per heavy atom. The second-order valence-electron chi connectivity index (χ2n) is 5.43. The van der Waals surface area contributed by atoms with Crippen molar-refractivity contribution in [3.05, 3.63) is 12.4 Å². The number of aryl methyl sites for hydroxylation is 1. The van der Waals surface area contributed by atoms with Gasteiger partial charge in [-0.2, -0.15) is 0 Å². The number of nitrogens with one attached hydrogen (secondary N) is 2. The van der Waals surface area contributed by atoms with Gasteiger partial charge in [0.2, 0.25) is 5.91 Å². The molecule has 6 nitrogen and oxygen atoms in total. The second-order valence-corrected chi connectivity index (χ2v) is 5.43. The van der Waals surface area contributed by atoms with E-state index in [4.69, 9.17) is 0 Å². The predicted molar refractivity (Wildman–Crippen MR) is 70.0 cm³/mol. The molecular weight excluding hydrogens is 230 g/mol. The molecule has 0 aliphatic rings. The van der Waals surface area contributed by atoms with Crippen LogP contribution in [0.5, 0.6) is 0 Å². The molecule has 0 aliphatic carbocycles. The van der Waals surface area contributed by atoms with Gasteiger partial charge in [0, 0.05) is 18.3 Å². The maximum atomic E-state index is 11.8. The van der Waals surface area contributed by atoms with E-state index in [2.05, 4.69) is 20.9 Å². The van der Waals surface area contributed by atoms with Crippen molar-refractivity contribution < 1.29 is 4.79 Å². The third-order valence-electron chi connectivity index (χ3n) is 2.38. The highest BCUT2D eigenvalue weighted by Gasteiger charge is 2.18. The second kappa shape index (κ2) is 6.49. The Hall–Kier alpha value is -1.43. The third-order valence-corrected chi connectivity index (χ3v) is 2.38. The van der Waals surface area contributed by atoms with Gasteiger partial charge in [-0.3, -0.25) is 9.48 Å². The van der Waals surface area contributed by atoms with Gasteiger partial charge in [-0.25, -0.2) is 0 Å². The lowest BCUT2D eigenvalue weighted by Gasteiger charge is -2.23. The van der Waals surface area contributed by atoms with E-state index in [1.54, 1.807) is 10.9 Å². The molecule has 1 heterocycles. The van der Waals surface area contributed by atoms with E-state index in [0.29, 0.717) is 0 Å². The summed E-state index contributed by atoms with van der Waals surface area (Å²) in [5, 5.41) is 13.7. The van der Waals surface area contributed by atoms with Crippen LogP contribution in [0.4, 0.5) is 0 Å². The number of nitrogens with zero attached hydrogens (tertiary/aromatic N) is 3. The molecule has 0 aliphatic heterocycles. The minimum absolute atomic E-state index is 0.0308. The Morgan fingerprint density at radius 3 is 2.72 bits per heavy atom. The van der Waals surface area contributed by atoms with E-state index in [9.17, 15) is 4.79 Å². The molecule has 18 heavy (non-hydrogen) atoms. The molecule has 1 rings (SSSR count). The Bertz CT molecular complexity index is 355. The molecule has 0 saturated carbocycles. The van der Waals surface area contributed by atoms with Gasteiger partial charge in [0.25, 0.3) is 0 Å². The molecule has 0 saturated heterocycles. The topological polar surface area (TPSA) is 71.8 Å². The van der Waals surface area contributed by atoms with Crippen LogP contribution in [0.3, 0.4) is 0 Å². The van der Waals surface area contributed by atoms with Crippen molar-refractivity contribution in [1.82, 2.24) is 25.6 Å². The van der Waals surface area contributed by atoms with E-state index in [1.807, 2.05) is 33.9 Å². The van der Waals surface area contributed by atoms with E-state index in [-0.39, 0.29) is 17.5 Å². The SMILES string of the molecule is CC(NCCCn1ccnn1)C(=O)NC(C)(C)C. The number of hydrogen-bond donors (Lipinski definition) is 2. The van der Waals surface area contributed by atoms with Gasteiger partial charge < -0.3 is 10.6 Å². The van der Waals surface area contributed by atoms with E-state index in [0.717, 1.165) is 19.5 Å². The van der Waals surface area contributed by atoms with Crippen LogP contribution in [0, 0.1) is 0 Å². The molecule has 1 unspecified atom stereocenters. The molecule has 1 atom stereocenters. The van der Waals surface area contributed by atoms with Crippen molar-refractivity contribution in [1.29, 1.82) is 0 Å². The Labute approximate surface area is 108 Å². The smallest absolute Gasteiger partial charge is 0.237 e. The van der Waals surface area contributed by atoms with E-state index in [1.165, 1.54) is 0 Å². The van der Waals surface area contributed by atoms with Crippen LogP contribution in [0.2, 0.25) is 0 Å². The Balaban J connectivity index is 2.16. The van der Waals surface area contributed by atoms with Crippen LogP contribution in [0.1, 0.15) is 34.1 Å². The fourth-order valence-corrected chi connectivity index (χ4v) is 1.48. The molecule has 0 aromatic carbocycles. The molecule has 2 N–H and O–H groups in total. The summed E-state index contributed by atoms with van der Waals surface area (Å²) in [6, 6.07) is -0.181. The van der Waals surface area contributed by atoms with Gasteiger partial charge in [0.1, 0.15) is 0 Å². The van der Waals surface area contributed by atoms with Crippen LogP contribution >= 0.6 is 0 Å². The highest BCUT2D eigenvalue weighted by atomic mass is 16.2. The van der Waals surface area contributed by atoms with Gasteiger partial charge >= 0.3 is 0 Å². The summed E-state index contributed by atoms with van der Waals surface area (Å²) in [6.45, 7) is 9.38. The van der Waals surface area contributed by atoms with Crippen LogP contribution in [-0.2, 0) is 11.3 Å². The maximum Gasteiger partial charge on any atom is 0.237 e. The summed E-state index contributed by atoms with van der Waals surface area (Å²) in [5.41, 5.74) is -0.187. The van der Waals surface area contributed by atoms with Gasteiger partial charge in [-0.15, -0.1) is 5.10 Å². The Kier molecular flexibility index (Phi) is 5.27. The quantitative estimate of drug-likeness (QED) is 0.727. The third kappa shape index (κ3) is 5.77. The van der Waals surface area contributed by atoms with E-state index >= 15 is 0 Å². The molecule has 0 bridgehead atoms. The molecule has 0 radical (unpaired) electrons.